The van der Waals surface area contributed by atoms with Crippen molar-refractivity contribution in [3.63, 3.8) is 0 Å². The number of ether oxygens (including phenoxy) is 2. The third-order valence-electron chi connectivity index (χ3n) is 1.91. The van der Waals surface area contributed by atoms with Crippen LogP contribution >= 0.6 is 15.9 Å². The zero-order chi connectivity index (χ0) is 9.52. The molecule has 4 heteroatoms. The fourth-order valence-electron chi connectivity index (χ4n) is 1.20. The van der Waals surface area contributed by atoms with Crippen LogP contribution in [0.1, 0.15) is 0 Å². The Morgan fingerprint density at radius 3 is 2.77 bits per heavy atom. The molecule has 0 aliphatic carbocycles. The monoisotopic (exact) mass is 249 g/mol. The first-order chi connectivity index (χ1) is 6.29. The first-order valence-electron chi connectivity index (χ1n) is 4.50. The molecule has 13 heavy (non-hydrogen) atoms. The van der Waals surface area contributed by atoms with Crippen molar-refractivity contribution in [1.29, 1.82) is 0 Å². The highest BCUT2D eigenvalue weighted by Crippen LogP contribution is 2.01. The van der Waals surface area contributed by atoms with Crippen molar-refractivity contribution < 1.29 is 9.47 Å². The van der Waals surface area contributed by atoms with Crippen LogP contribution in [0.15, 0.2) is 11.1 Å². The zero-order valence-electron chi connectivity index (χ0n) is 7.80. The molecule has 1 aliphatic heterocycles. The van der Waals surface area contributed by atoms with Crippen molar-refractivity contribution in [2.24, 2.45) is 0 Å². The summed E-state index contributed by atoms with van der Waals surface area (Å²) in [5.41, 5.74) is 0. The van der Waals surface area contributed by atoms with E-state index in [4.69, 9.17) is 9.47 Å². The van der Waals surface area contributed by atoms with Crippen LogP contribution in [0.2, 0.25) is 0 Å². The molecule has 1 rings (SSSR count). The van der Waals surface area contributed by atoms with Crippen molar-refractivity contribution in [3.8, 4) is 0 Å². The van der Waals surface area contributed by atoms with Crippen LogP contribution in [0, 0.1) is 0 Å². The Kier molecular flexibility index (Phi) is 5.62. The molecule has 0 bridgehead atoms. The van der Waals surface area contributed by atoms with Gasteiger partial charge in [-0.25, -0.2) is 0 Å². The van der Waals surface area contributed by atoms with Crippen LogP contribution in [0.25, 0.3) is 0 Å². The van der Waals surface area contributed by atoms with Gasteiger partial charge in [0.05, 0.1) is 26.4 Å². The summed E-state index contributed by atoms with van der Waals surface area (Å²) in [6, 6.07) is 0. The summed E-state index contributed by atoms with van der Waals surface area (Å²) in [6.45, 7) is 9.81. The number of nitrogens with zero attached hydrogens (tertiary/aromatic N) is 1. The van der Waals surface area contributed by atoms with E-state index in [1.807, 2.05) is 0 Å². The highest BCUT2D eigenvalue weighted by Gasteiger charge is 2.08. The van der Waals surface area contributed by atoms with Gasteiger partial charge < -0.3 is 9.47 Å². The molecule has 0 saturated carbocycles. The largest absolute Gasteiger partial charge is 0.379 e. The molecule has 0 aromatic rings. The number of hydrogen-bond donors (Lipinski definition) is 0. The molecule has 0 amide bonds. The summed E-state index contributed by atoms with van der Waals surface area (Å²) in [5, 5.41) is 0. The molecule has 1 fully saturated rings. The molecule has 0 aromatic heterocycles. The predicted molar refractivity (Wildman–Crippen MR) is 56.1 cm³/mol. The Balaban J connectivity index is 1.95. The Morgan fingerprint density at radius 1 is 1.46 bits per heavy atom. The lowest BCUT2D eigenvalue weighted by Gasteiger charge is -2.26. The van der Waals surface area contributed by atoms with E-state index in [0.717, 1.165) is 43.9 Å². The summed E-state index contributed by atoms with van der Waals surface area (Å²) in [5.74, 6) is 0. The third-order valence-corrected chi connectivity index (χ3v) is 2.14. The van der Waals surface area contributed by atoms with Crippen molar-refractivity contribution >= 4 is 15.9 Å². The van der Waals surface area contributed by atoms with E-state index in [1.165, 1.54) is 0 Å². The second kappa shape index (κ2) is 6.54. The van der Waals surface area contributed by atoms with E-state index >= 15 is 0 Å². The number of morpholine rings is 1. The molecule has 0 unspecified atom stereocenters. The van der Waals surface area contributed by atoms with Gasteiger partial charge in [-0.2, -0.15) is 0 Å². The number of hydrogen-bond acceptors (Lipinski definition) is 3. The molecule has 0 spiro atoms. The lowest BCUT2D eigenvalue weighted by atomic mass is 10.4. The summed E-state index contributed by atoms with van der Waals surface area (Å²) < 4.78 is 11.5. The third kappa shape index (κ3) is 5.41. The minimum absolute atomic E-state index is 0.602. The molecule has 3 nitrogen and oxygen atoms in total. The normalized spacial score (nSPS) is 18.8. The first kappa shape index (κ1) is 11.2. The highest BCUT2D eigenvalue weighted by molar-refractivity contribution is 9.11. The fraction of sp³-hybridized carbons (Fsp3) is 0.778. The Hall–Kier alpha value is 0.1000. The zero-order valence-corrected chi connectivity index (χ0v) is 9.38. The van der Waals surface area contributed by atoms with Gasteiger partial charge in [-0.1, -0.05) is 22.5 Å². The second-order valence-electron chi connectivity index (χ2n) is 3.02. The van der Waals surface area contributed by atoms with Gasteiger partial charge >= 0.3 is 0 Å². The van der Waals surface area contributed by atoms with Gasteiger partial charge in [0.25, 0.3) is 0 Å². The van der Waals surface area contributed by atoms with E-state index < -0.39 is 0 Å². The maximum absolute atomic E-state index is 5.37. The molecule has 0 atom stereocenters. The van der Waals surface area contributed by atoms with Gasteiger partial charge in [0.1, 0.15) is 0 Å². The quantitative estimate of drug-likeness (QED) is 0.685. The molecular formula is C9H16BrNO2. The van der Waals surface area contributed by atoms with Gasteiger partial charge in [-0.05, 0) is 0 Å². The van der Waals surface area contributed by atoms with Crippen molar-refractivity contribution in [3.05, 3.63) is 11.1 Å². The smallest absolute Gasteiger partial charge is 0.0776 e. The predicted octanol–water partition coefficient (Wildman–Crippen LogP) is 1.24. The topological polar surface area (TPSA) is 21.7 Å². The summed E-state index contributed by atoms with van der Waals surface area (Å²) in [7, 11) is 0. The van der Waals surface area contributed by atoms with Gasteiger partial charge in [0, 0.05) is 24.1 Å². The van der Waals surface area contributed by atoms with E-state index in [-0.39, 0.29) is 0 Å². The highest BCUT2D eigenvalue weighted by atomic mass is 79.9. The van der Waals surface area contributed by atoms with E-state index in [1.54, 1.807) is 0 Å². The SMILES string of the molecule is C=C(Br)COCCN1CCOCC1. The minimum Gasteiger partial charge on any atom is -0.379 e. The van der Waals surface area contributed by atoms with E-state index in [9.17, 15) is 0 Å². The Labute approximate surface area is 87.8 Å². The molecule has 0 N–H and O–H groups in total. The first-order valence-corrected chi connectivity index (χ1v) is 5.29. The molecule has 1 aliphatic rings. The van der Waals surface area contributed by atoms with Crippen molar-refractivity contribution in [2.75, 3.05) is 46.1 Å². The van der Waals surface area contributed by atoms with Crippen LogP contribution in [0.3, 0.4) is 0 Å². The Bertz CT molecular complexity index is 158. The van der Waals surface area contributed by atoms with E-state index in [2.05, 4.69) is 27.4 Å². The van der Waals surface area contributed by atoms with Crippen LogP contribution in [0.5, 0.6) is 0 Å². The summed E-state index contributed by atoms with van der Waals surface area (Å²) >= 11 is 3.25. The molecule has 1 heterocycles. The van der Waals surface area contributed by atoms with Gasteiger partial charge in [-0.3, -0.25) is 4.90 Å². The minimum atomic E-state index is 0.602. The maximum atomic E-state index is 5.37. The summed E-state index contributed by atoms with van der Waals surface area (Å²) in [6.07, 6.45) is 0. The maximum Gasteiger partial charge on any atom is 0.0776 e. The van der Waals surface area contributed by atoms with Crippen molar-refractivity contribution in [1.82, 2.24) is 4.90 Å². The molecule has 0 aromatic carbocycles. The fourth-order valence-corrected chi connectivity index (χ4v) is 1.36. The average molecular weight is 250 g/mol. The van der Waals surface area contributed by atoms with Crippen LogP contribution in [-0.4, -0.2) is 51.0 Å². The van der Waals surface area contributed by atoms with Gasteiger partial charge in [-0.15, -0.1) is 0 Å². The molecule has 0 radical (unpaired) electrons. The van der Waals surface area contributed by atoms with Gasteiger partial charge in [0.15, 0.2) is 0 Å². The lowest BCUT2D eigenvalue weighted by Crippen LogP contribution is -2.38. The average Bonchev–Trinajstić information content (AvgIpc) is 2.14. The Morgan fingerprint density at radius 2 is 2.15 bits per heavy atom. The number of rotatable bonds is 5. The lowest BCUT2D eigenvalue weighted by molar-refractivity contribution is 0.0232. The van der Waals surface area contributed by atoms with Crippen molar-refractivity contribution in [2.45, 2.75) is 0 Å². The standard InChI is InChI=1S/C9H16BrNO2/c1-9(10)8-13-7-4-11-2-5-12-6-3-11/h1-8H2. The second-order valence-corrected chi connectivity index (χ2v) is 4.15. The van der Waals surface area contributed by atoms with Gasteiger partial charge in [0.2, 0.25) is 0 Å². The summed E-state index contributed by atoms with van der Waals surface area (Å²) in [4.78, 5) is 2.35. The molecule has 76 valence electrons. The van der Waals surface area contributed by atoms with E-state index in [0.29, 0.717) is 6.61 Å². The molecule has 1 saturated heterocycles. The van der Waals surface area contributed by atoms with Crippen LogP contribution in [0.4, 0.5) is 0 Å². The number of halogens is 1. The van der Waals surface area contributed by atoms with Crippen LogP contribution < -0.4 is 0 Å². The van der Waals surface area contributed by atoms with Crippen LogP contribution in [-0.2, 0) is 9.47 Å². The molecular weight excluding hydrogens is 234 g/mol.